The molecule has 0 amide bonds. The number of para-hydroxylation sites is 1. The Morgan fingerprint density at radius 1 is 1.53 bits per heavy atom. The first kappa shape index (κ1) is 13.4. The molecule has 1 aromatic rings. The molecule has 1 atom stereocenters. The highest BCUT2D eigenvalue weighted by atomic mass is 19.1. The van der Waals surface area contributed by atoms with Crippen molar-refractivity contribution in [2.45, 2.75) is 26.7 Å². The summed E-state index contributed by atoms with van der Waals surface area (Å²) in [5.74, 6) is -0.220. The maximum Gasteiger partial charge on any atom is 0.295 e. The van der Waals surface area contributed by atoms with Crippen LogP contribution in [0.5, 0.6) is 0 Å². The quantitative estimate of drug-likeness (QED) is 0.610. The van der Waals surface area contributed by atoms with Gasteiger partial charge in [-0.1, -0.05) is 26.3 Å². The first-order valence-electron chi connectivity index (χ1n) is 5.73. The SMILES string of the molecule is CCCC(C)CNc1c(F)cccc1[N+](=O)[O-]. The average molecular weight is 240 g/mol. The van der Waals surface area contributed by atoms with Crippen LogP contribution in [-0.4, -0.2) is 11.5 Å². The Morgan fingerprint density at radius 2 is 2.24 bits per heavy atom. The predicted octanol–water partition coefficient (Wildman–Crippen LogP) is 3.58. The molecule has 0 heterocycles. The molecule has 17 heavy (non-hydrogen) atoms. The van der Waals surface area contributed by atoms with Gasteiger partial charge in [0.25, 0.3) is 5.69 Å². The first-order valence-corrected chi connectivity index (χ1v) is 5.73. The van der Waals surface area contributed by atoms with Crippen molar-refractivity contribution in [2.75, 3.05) is 11.9 Å². The van der Waals surface area contributed by atoms with E-state index in [0.29, 0.717) is 12.5 Å². The molecule has 1 aromatic carbocycles. The van der Waals surface area contributed by atoms with E-state index in [9.17, 15) is 14.5 Å². The van der Waals surface area contributed by atoms with Crippen LogP contribution in [-0.2, 0) is 0 Å². The van der Waals surface area contributed by atoms with Crippen molar-refractivity contribution < 1.29 is 9.31 Å². The lowest BCUT2D eigenvalue weighted by Gasteiger charge is -2.13. The molecule has 1 unspecified atom stereocenters. The summed E-state index contributed by atoms with van der Waals surface area (Å²) in [5, 5.41) is 13.6. The number of anilines is 1. The van der Waals surface area contributed by atoms with Crippen LogP contribution in [0.1, 0.15) is 26.7 Å². The summed E-state index contributed by atoms with van der Waals surface area (Å²) in [6.45, 7) is 4.64. The van der Waals surface area contributed by atoms with Gasteiger partial charge in [-0.25, -0.2) is 4.39 Å². The second-order valence-electron chi connectivity index (χ2n) is 4.17. The molecule has 0 fully saturated rings. The van der Waals surface area contributed by atoms with E-state index in [2.05, 4.69) is 12.2 Å². The van der Waals surface area contributed by atoms with Gasteiger partial charge in [-0.2, -0.15) is 0 Å². The molecule has 0 aliphatic rings. The number of rotatable bonds is 6. The van der Waals surface area contributed by atoms with Crippen LogP contribution in [0.3, 0.4) is 0 Å². The van der Waals surface area contributed by atoms with Crippen molar-refractivity contribution in [3.05, 3.63) is 34.1 Å². The van der Waals surface area contributed by atoms with Gasteiger partial charge in [-0.3, -0.25) is 10.1 Å². The van der Waals surface area contributed by atoms with Gasteiger partial charge in [0.05, 0.1) is 4.92 Å². The minimum Gasteiger partial charge on any atom is -0.377 e. The lowest BCUT2D eigenvalue weighted by Crippen LogP contribution is -2.13. The van der Waals surface area contributed by atoms with Gasteiger partial charge in [0, 0.05) is 12.6 Å². The fraction of sp³-hybridized carbons (Fsp3) is 0.500. The van der Waals surface area contributed by atoms with Crippen LogP contribution in [0.2, 0.25) is 0 Å². The fourth-order valence-electron chi connectivity index (χ4n) is 1.71. The number of hydrogen-bond acceptors (Lipinski definition) is 3. The van der Waals surface area contributed by atoms with E-state index in [1.54, 1.807) is 0 Å². The van der Waals surface area contributed by atoms with Gasteiger partial charge >= 0.3 is 0 Å². The second kappa shape index (κ2) is 6.18. The third-order valence-electron chi connectivity index (χ3n) is 2.60. The molecule has 4 nitrogen and oxygen atoms in total. The molecule has 0 radical (unpaired) electrons. The molecule has 0 spiro atoms. The zero-order valence-corrected chi connectivity index (χ0v) is 10.1. The summed E-state index contributed by atoms with van der Waals surface area (Å²) in [7, 11) is 0. The van der Waals surface area contributed by atoms with Gasteiger partial charge in [0.1, 0.15) is 5.69 Å². The third-order valence-corrected chi connectivity index (χ3v) is 2.60. The topological polar surface area (TPSA) is 55.2 Å². The van der Waals surface area contributed by atoms with Gasteiger partial charge in [0.2, 0.25) is 0 Å². The minimum atomic E-state index is -0.581. The van der Waals surface area contributed by atoms with E-state index in [4.69, 9.17) is 0 Å². The first-order chi connectivity index (χ1) is 8.06. The normalized spacial score (nSPS) is 12.2. The monoisotopic (exact) mass is 240 g/mol. The summed E-state index contributed by atoms with van der Waals surface area (Å²) >= 11 is 0. The third kappa shape index (κ3) is 3.69. The van der Waals surface area contributed by atoms with Crippen molar-refractivity contribution in [1.29, 1.82) is 0 Å². The summed E-state index contributed by atoms with van der Waals surface area (Å²) in [6, 6.07) is 3.86. The summed E-state index contributed by atoms with van der Waals surface area (Å²) in [4.78, 5) is 10.2. The van der Waals surface area contributed by atoms with Crippen LogP contribution in [0, 0.1) is 21.8 Å². The van der Waals surface area contributed by atoms with Gasteiger partial charge in [0.15, 0.2) is 5.82 Å². The number of halogens is 1. The molecule has 0 aliphatic heterocycles. The van der Waals surface area contributed by atoms with E-state index in [1.165, 1.54) is 18.2 Å². The number of nitrogens with one attached hydrogen (secondary N) is 1. The molecule has 5 heteroatoms. The Hall–Kier alpha value is -1.65. The molecular formula is C12H17FN2O2. The van der Waals surface area contributed by atoms with Crippen molar-refractivity contribution >= 4 is 11.4 Å². The zero-order valence-electron chi connectivity index (χ0n) is 10.1. The van der Waals surface area contributed by atoms with Crippen LogP contribution < -0.4 is 5.32 Å². The van der Waals surface area contributed by atoms with Crippen LogP contribution >= 0.6 is 0 Å². The maximum absolute atomic E-state index is 13.5. The highest BCUT2D eigenvalue weighted by Crippen LogP contribution is 2.27. The lowest BCUT2D eigenvalue weighted by atomic mass is 10.1. The molecular weight excluding hydrogens is 223 g/mol. The minimum absolute atomic E-state index is 0.0135. The maximum atomic E-state index is 13.5. The van der Waals surface area contributed by atoms with Crippen molar-refractivity contribution in [3.63, 3.8) is 0 Å². The highest BCUT2D eigenvalue weighted by molar-refractivity contribution is 5.62. The number of nitro benzene ring substituents is 1. The standard InChI is InChI=1S/C12H17FN2O2/c1-3-5-9(2)8-14-12-10(13)6-4-7-11(12)15(16)17/h4,6-7,9,14H,3,5,8H2,1-2H3. The molecule has 0 aliphatic carbocycles. The Balaban J connectivity index is 2.79. The van der Waals surface area contributed by atoms with Crippen molar-refractivity contribution in [3.8, 4) is 0 Å². The van der Waals surface area contributed by atoms with Crippen LogP contribution in [0.25, 0.3) is 0 Å². The summed E-state index contributed by atoms with van der Waals surface area (Å²) in [5.41, 5.74) is -0.228. The Bertz CT molecular complexity index is 396. The molecule has 0 aromatic heterocycles. The van der Waals surface area contributed by atoms with Gasteiger partial charge in [-0.05, 0) is 18.4 Å². The Labute approximate surface area is 100.0 Å². The second-order valence-corrected chi connectivity index (χ2v) is 4.17. The van der Waals surface area contributed by atoms with E-state index in [-0.39, 0.29) is 11.4 Å². The number of nitrogens with zero attached hydrogens (tertiary/aromatic N) is 1. The van der Waals surface area contributed by atoms with Crippen molar-refractivity contribution in [2.24, 2.45) is 5.92 Å². The van der Waals surface area contributed by atoms with E-state index in [1.807, 2.05) is 6.92 Å². The molecule has 0 saturated heterocycles. The molecule has 0 bridgehead atoms. The van der Waals surface area contributed by atoms with Gasteiger partial charge in [-0.15, -0.1) is 0 Å². The smallest absolute Gasteiger partial charge is 0.295 e. The number of hydrogen-bond donors (Lipinski definition) is 1. The molecule has 1 N–H and O–H groups in total. The number of benzene rings is 1. The van der Waals surface area contributed by atoms with Crippen LogP contribution in [0.15, 0.2) is 18.2 Å². The van der Waals surface area contributed by atoms with E-state index < -0.39 is 10.7 Å². The Morgan fingerprint density at radius 3 is 2.82 bits per heavy atom. The summed E-state index contributed by atoms with van der Waals surface area (Å²) in [6.07, 6.45) is 2.05. The molecule has 94 valence electrons. The zero-order chi connectivity index (χ0) is 12.8. The van der Waals surface area contributed by atoms with E-state index in [0.717, 1.165) is 12.8 Å². The van der Waals surface area contributed by atoms with Crippen LogP contribution in [0.4, 0.5) is 15.8 Å². The Kier molecular flexibility index (Phi) is 4.87. The largest absolute Gasteiger partial charge is 0.377 e. The summed E-state index contributed by atoms with van der Waals surface area (Å²) < 4.78 is 13.5. The molecule has 1 rings (SSSR count). The van der Waals surface area contributed by atoms with Gasteiger partial charge < -0.3 is 5.32 Å². The average Bonchev–Trinajstić information content (AvgIpc) is 2.27. The van der Waals surface area contributed by atoms with E-state index >= 15 is 0 Å². The predicted molar refractivity (Wildman–Crippen MR) is 65.6 cm³/mol. The highest BCUT2D eigenvalue weighted by Gasteiger charge is 2.17. The fourth-order valence-corrected chi connectivity index (χ4v) is 1.71. The van der Waals surface area contributed by atoms with Crippen molar-refractivity contribution in [1.82, 2.24) is 0 Å². The number of nitro groups is 1. The lowest BCUT2D eigenvalue weighted by molar-refractivity contribution is -0.384. The molecule has 0 saturated carbocycles.